The maximum Gasteiger partial charge on any atom is 0.422 e. The van der Waals surface area contributed by atoms with Crippen LogP contribution in [-0.2, 0) is 0 Å². The van der Waals surface area contributed by atoms with Crippen LogP contribution < -0.4 is 10.1 Å². The zero-order valence-electron chi connectivity index (χ0n) is 17.4. The number of anilines is 1. The molecule has 1 heterocycles. The minimum Gasteiger partial charge on any atom is -0.484 e. The van der Waals surface area contributed by atoms with Crippen molar-refractivity contribution in [3.63, 3.8) is 0 Å². The molecule has 0 aliphatic heterocycles. The van der Waals surface area contributed by atoms with Crippen LogP contribution in [0.3, 0.4) is 0 Å². The smallest absolute Gasteiger partial charge is 0.422 e. The summed E-state index contributed by atoms with van der Waals surface area (Å²) in [5.41, 5.74) is 3.17. The largest absolute Gasteiger partial charge is 0.484 e. The standard InChI is InChI=1S/C24H18F3N3O3/c1-15-4-2-5-18(12-15)23-30-29-22(33-23)17-10-8-16(9-11-17)21(31)28-19-6-3-7-20(13-19)32-14-24(25,26)27/h2-13H,14H2,1H3,(H,28,31). The summed E-state index contributed by atoms with van der Waals surface area (Å²) in [7, 11) is 0. The third-order valence-electron chi connectivity index (χ3n) is 4.58. The van der Waals surface area contributed by atoms with Gasteiger partial charge < -0.3 is 14.5 Å². The number of carbonyl (C=O) groups is 1. The summed E-state index contributed by atoms with van der Waals surface area (Å²) >= 11 is 0. The second kappa shape index (κ2) is 9.15. The van der Waals surface area contributed by atoms with Crippen molar-refractivity contribution >= 4 is 11.6 Å². The highest BCUT2D eigenvalue weighted by Gasteiger charge is 2.28. The van der Waals surface area contributed by atoms with E-state index in [-0.39, 0.29) is 5.75 Å². The molecule has 0 spiro atoms. The van der Waals surface area contributed by atoms with E-state index in [0.717, 1.165) is 11.1 Å². The summed E-state index contributed by atoms with van der Waals surface area (Å²) in [6, 6.07) is 20.0. The first-order chi connectivity index (χ1) is 15.8. The lowest BCUT2D eigenvalue weighted by atomic mass is 10.1. The number of hydrogen-bond acceptors (Lipinski definition) is 5. The minimum absolute atomic E-state index is 0.00119. The fourth-order valence-electron chi connectivity index (χ4n) is 3.03. The van der Waals surface area contributed by atoms with Gasteiger partial charge in [0.15, 0.2) is 6.61 Å². The summed E-state index contributed by atoms with van der Waals surface area (Å²) in [5.74, 6) is 0.276. The maximum absolute atomic E-state index is 12.5. The molecule has 0 fully saturated rings. The molecule has 0 saturated heterocycles. The number of nitrogens with zero attached hydrogens (tertiary/aromatic N) is 2. The third kappa shape index (κ3) is 5.76. The minimum atomic E-state index is -4.44. The number of carbonyl (C=O) groups excluding carboxylic acids is 1. The van der Waals surface area contributed by atoms with Gasteiger partial charge in [0.25, 0.3) is 5.91 Å². The van der Waals surface area contributed by atoms with Gasteiger partial charge in [-0.05, 0) is 55.5 Å². The van der Waals surface area contributed by atoms with E-state index in [0.29, 0.717) is 28.6 Å². The molecule has 6 nitrogen and oxygen atoms in total. The molecule has 0 aliphatic rings. The molecule has 4 rings (SSSR count). The number of halogens is 3. The van der Waals surface area contributed by atoms with Crippen LogP contribution in [-0.4, -0.2) is 28.9 Å². The van der Waals surface area contributed by atoms with E-state index in [1.165, 1.54) is 18.2 Å². The van der Waals surface area contributed by atoms with Gasteiger partial charge in [-0.15, -0.1) is 10.2 Å². The maximum atomic E-state index is 12.5. The Balaban J connectivity index is 1.43. The summed E-state index contributed by atoms with van der Waals surface area (Å²) in [4.78, 5) is 12.5. The van der Waals surface area contributed by atoms with E-state index in [4.69, 9.17) is 9.15 Å². The van der Waals surface area contributed by atoms with E-state index < -0.39 is 18.7 Å². The number of nitrogens with one attached hydrogen (secondary N) is 1. The summed E-state index contributed by atoms with van der Waals surface area (Å²) in [5, 5.41) is 10.8. The first-order valence-electron chi connectivity index (χ1n) is 9.89. The lowest BCUT2D eigenvalue weighted by molar-refractivity contribution is -0.153. The van der Waals surface area contributed by atoms with Gasteiger partial charge in [-0.1, -0.05) is 23.8 Å². The third-order valence-corrected chi connectivity index (χ3v) is 4.58. The molecule has 0 unspecified atom stereocenters. The van der Waals surface area contributed by atoms with E-state index in [1.54, 1.807) is 30.3 Å². The van der Waals surface area contributed by atoms with E-state index in [1.807, 2.05) is 31.2 Å². The van der Waals surface area contributed by atoms with Gasteiger partial charge in [-0.25, -0.2) is 0 Å². The molecule has 9 heteroatoms. The number of amides is 1. The Morgan fingerprint density at radius 3 is 2.33 bits per heavy atom. The molecule has 0 saturated carbocycles. The summed E-state index contributed by atoms with van der Waals surface area (Å²) < 4.78 is 47.4. The molecule has 4 aromatic rings. The Hall–Kier alpha value is -4.14. The monoisotopic (exact) mass is 453 g/mol. The number of benzene rings is 3. The molecule has 0 aliphatic carbocycles. The molecular formula is C24H18F3N3O3. The van der Waals surface area contributed by atoms with Gasteiger partial charge in [-0.3, -0.25) is 4.79 Å². The number of aromatic nitrogens is 2. The predicted molar refractivity (Wildman–Crippen MR) is 116 cm³/mol. The van der Waals surface area contributed by atoms with Gasteiger partial charge in [-0.2, -0.15) is 13.2 Å². The fraction of sp³-hybridized carbons (Fsp3) is 0.125. The van der Waals surface area contributed by atoms with Gasteiger partial charge in [0.2, 0.25) is 11.8 Å². The molecule has 1 amide bonds. The van der Waals surface area contributed by atoms with Crippen LogP contribution in [0.1, 0.15) is 15.9 Å². The Morgan fingerprint density at radius 1 is 0.939 bits per heavy atom. The van der Waals surface area contributed by atoms with Crippen LogP contribution in [0.5, 0.6) is 5.75 Å². The molecular weight excluding hydrogens is 435 g/mol. The average molecular weight is 453 g/mol. The molecule has 3 aromatic carbocycles. The average Bonchev–Trinajstić information content (AvgIpc) is 3.28. The summed E-state index contributed by atoms with van der Waals surface area (Å²) in [6.07, 6.45) is -4.44. The SMILES string of the molecule is Cc1cccc(-c2nnc(-c3ccc(C(=O)Nc4cccc(OCC(F)(F)F)c4)cc3)o2)c1. The molecule has 1 aromatic heterocycles. The van der Waals surface area contributed by atoms with Crippen molar-refractivity contribution in [2.75, 3.05) is 11.9 Å². The van der Waals surface area contributed by atoms with Crippen molar-refractivity contribution < 1.29 is 27.1 Å². The van der Waals surface area contributed by atoms with Crippen LogP contribution in [0, 0.1) is 6.92 Å². The number of aryl methyl sites for hydroxylation is 1. The topological polar surface area (TPSA) is 77.2 Å². The van der Waals surface area contributed by atoms with Crippen molar-refractivity contribution in [3.8, 4) is 28.7 Å². The number of rotatable bonds is 6. The normalized spacial score (nSPS) is 11.3. The van der Waals surface area contributed by atoms with Crippen molar-refractivity contribution in [3.05, 3.63) is 83.9 Å². The number of alkyl halides is 3. The number of hydrogen-bond donors (Lipinski definition) is 1. The lowest BCUT2D eigenvalue weighted by Crippen LogP contribution is -2.19. The molecule has 0 bridgehead atoms. The first-order valence-corrected chi connectivity index (χ1v) is 9.89. The zero-order chi connectivity index (χ0) is 23.4. The molecule has 168 valence electrons. The lowest BCUT2D eigenvalue weighted by Gasteiger charge is -2.11. The Morgan fingerprint density at radius 2 is 1.64 bits per heavy atom. The molecule has 1 N–H and O–H groups in total. The van der Waals surface area contributed by atoms with Crippen LogP contribution in [0.15, 0.2) is 77.2 Å². The van der Waals surface area contributed by atoms with Gasteiger partial charge in [0.1, 0.15) is 5.75 Å². The highest BCUT2D eigenvalue weighted by atomic mass is 19.4. The van der Waals surface area contributed by atoms with Crippen molar-refractivity contribution in [2.24, 2.45) is 0 Å². The van der Waals surface area contributed by atoms with Crippen LogP contribution in [0.4, 0.5) is 18.9 Å². The Labute approximate surface area is 187 Å². The zero-order valence-corrected chi connectivity index (χ0v) is 17.4. The quantitative estimate of drug-likeness (QED) is 0.393. The Bertz CT molecular complexity index is 1270. The van der Waals surface area contributed by atoms with E-state index in [9.17, 15) is 18.0 Å². The Kier molecular flexibility index (Phi) is 6.12. The van der Waals surface area contributed by atoms with Crippen LogP contribution in [0.2, 0.25) is 0 Å². The van der Waals surface area contributed by atoms with Crippen LogP contribution in [0.25, 0.3) is 22.9 Å². The molecule has 0 atom stereocenters. The van der Waals surface area contributed by atoms with Gasteiger partial charge >= 0.3 is 6.18 Å². The van der Waals surface area contributed by atoms with E-state index in [2.05, 4.69) is 15.5 Å². The number of ether oxygens (including phenoxy) is 1. The molecule has 0 radical (unpaired) electrons. The second-order valence-electron chi connectivity index (χ2n) is 7.25. The van der Waals surface area contributed by atoms with Crippen molar-refractivity contribution in [2.45, 2.75) is 13.1 Å². The second-order valence-corrected chi connectivity index (χ2v) is 7.25. The van der Waals surface area contributed by atoms with Crippen molar-refractivity contribution in [1.29, 1.82) is 0 Å². The van der Waals surface area contributed by atoms with Crippen LogP contribution >= 0.6 is 0 Å². The highest BCUT2D eigenvalue weighted by Crippen LogP contribution is 2.25. The van der Waals surface area contributed by atoms with Crippen molar-refractivity contribution in [1.82, 2.24) is 10.2 Å². The van der Waals surface area contributed by atoms with Gasteiger partial charge in [0.05, 0.1) is 0 Å². The highest BCUT2D eigenvalue weighted by molar-refractivity contribution is 6.04. The predicted octanol–water partition coefficient (Wildman–Crippen LogP) is 5.91. The molecule has 33 heavy (non-hydrogen) atoms. The van der Waals surface area contributed by atoms with Gasteiger partial charge in [0, 0.05) is 28.4 Å². The fourth-order valence-corrected chi connectivity index (χ4v) is 3.03. The summed E-state index contributed by atoms with van der Waals surface area (Å²) in [6.45, 7) is 0.559. The van der Waals surface area contributed by atoms with E-state index >= 15 is 0 Å². The first kappa shape index (κ1) is 22.1.